The summed E-state index contributed by atoms with van der Waals surface area (Å²) in [5.74, 6) is 2.82. The SMILES string of the molecule is C[C@@H]1CC/C(=C/C=C2\CCC[C@@]3(C)C2CCC3[C@@H](C)CCCC2(O)CCCC2)C[C@H]1O. The Morgan fingerprint density at radius 3 is 2.55 bits per heavy atom. The summed E-state index contributed by atoms with van der Waals surface area (Å²) in [6.07, 6.45) is 22.6. The predicted octanol–water partition coefficient (Wildman–Crippen LogP) is 7.35. The summed E-state index contributed by atoms with van der Waals surface area (Å²) in [5.41, 5.74) is 3.29. The van der Waals surface area contributed by atoms with Gasteiger partial charge in [0.1, 0.15) is 0 Å². The van der Waals surface area contributed by atoms with Crippen LogP contribution in [0.1, 0.15) is 117 Å². The molecule has 2 nitrogen and oxygen atoms in total. The van der Waals surface area contributed by atoms with Crippen molar-refractivity contribution >= 4 is 0 Å². The molecule has 4 rings (SSSR count). The van der Waals surface area contributed by atoms with Gasteiger partial charge in [0.2, 0.25) is 0 Å². The quantitative estimate of drug-likeness (QED) is 0.464. The van der Waals surface area contributed by atoms with Gasteiger partial charge in [-0.3, -0.25) is 0 Å². The first kappa shape index (κ1) is 23.6. The highest BCUT2D eigenvalue weighted by atomic mass is 16.3. The molecular weight excluding hydrogens is 380 g/mol. The summed E-state index contributed by atoms with van der Waals surface area (Å²) in [6.45, 7) is 7.28. The third-order valence-corrected chi connectivity index (χ3v) is 10.1. The van der Waals surface area contributed by atoms with Gasteiger partial charge in [0.25, 0.3) is 0 Å². The zero-order valence-electron chi connectivity index (χ0n) is 20.5. The first-order chi connectivity index (χ1) is 14.8. The predicted molar refractivity (Wildman–Crippen MR) is 130 cm³/mol. The Balaban J connectivity index is 1.37. The summed E-state index contributed by atoms with van der Waals surface area (Å²) in [7, 11) is 0. The molecule has 0 bridgehead atoms. The first-order valence-corrected chi connectivity index (χ1v) is 13.6. The van der Waals surface area contributed by atoms with Crippen LogP contribution in [0.15, 0.2) is 23.3 Å². The van der Waals surface area contributed by atoms with Gasteiger partial charge in [-0.05, 0) is 99.7 Å². The van der Waals surface area contributed by atoms with Crippen molar-refractivity contribution in [1.29, 1.82) is 0 Å². The van der Waals surface area contributed by atoms with Crippen molar-refractivity contribution < 1.29 is 10.2 Å². The summed E-state index contributed by atoms with van der Waals surface area (Å²) in [5, 5.41) is 21.0. The van der Waals surface area contributed by atoms with Crippen molar-refractivity contribution in [1.82, 2.24) is 0 Å². The molecule has 0 heterocycles. The number of allylic oxidation sites excluding steroid dienone is 3. The van der Waals surface area contributed by atoms with Crippen LogP contribution in [0.4, 0.5) is 0 Å². The molecule has 0 aromatic heterocycles. The highest BCUT2D eigenvalue weighted by molar-refractivity contribution is 5.26. The fourth-order valence-corrected chi connectivity index (χ4v) is 8.01. The van der Waals surface area contributed by atoms with Gasteiger partial charge in [-0.25, -0.2) is 0 Å². The normalized spacial score (nSPS) is 41.6. The molecule has 0 saturated heterocycles. The molecule has 4 aliphatic rings. The Morgan fingerprint density at radius 2 is 1.81 bits per heavy atom. The minimum absolute atomic E-state index is 0.144. The Bertz CT molecular complexity index is 670. The third-order valence-electron chi connectivity index (χ3n) is 10.1. The van der Waals surface area contributed by atoms with E-state index in [2.05, 4.69) is 32.9 Å². The van der Waals surface area contributed by atoms with Gasteiger partial charge >= 0.3 is 0 Å². The Morgan fingerprint density at radius 1 is 1.03 bits per heavy atom. The van der Waals surface area contributed by atoms with E-state index in [4.69, 9.17) is 0 Å². The van der Waals surface area contributed by atoms with Crippen LogP contribution in [-0.2, 0) is 0 Å². The van der Waals surface area contributed by atoms with Crippen molar-refractivity contribution in [3.8, 4) is 0 Å². The molecule has 4 aliphatic carbocycles. The number of rotatable bonds is 6. The third kappa shape index (κ3) is 5.16. The molecule has 4 saturated carbocycles. The van der Waals surface area contributed by atoms with Crippen LogP contribution < -0.4 is 0 Å². The molecule has 176 valence electrons. The maximum Gasteiger partial charge on any atom is 0.0647 e. The molecule has 2 N–H and O–H groups in total. The molecule has 31 heavy (non-hydrogen) atoms. The molecule has 2 heteroatoms. The summed E-state index contributed by atoms with van der Waals surface area (Å²) >= 11 is 0. The fourth-order valence-electron chi connectivity index (χ4n) is 8.01. The lowest BCUT2D eigenvalue weighted by atomic mass is 9.60. The lowest BCUT2D eigenvalue weighted by Crippen LogP contribution is -2.36. The van der Waals surface area contributed by atoms with Gasteiger partial charge in [-0.1, -0.05) is 69.8 Å². The second-order valence-electron chi connectivity index (χ2n) is 12.3. The van der Waals surface area contributed by atoms with Crippen molar-refractivity contribution in [3.63, 3.8) is 0 Å². The molecular formula is C29H48O2. The van der Waals surface area contributed by atoms with Crippen molar-refractivity contribution in [2.24, 2.45) is 29.1 Å². The van der Waals surface area contributed by atoms with E-state index in [0.29, 0.717) is 11.3 Å². The van der Waals surface area contributed by atoms with Gasteiger partial charge in [0.05, 0.1) is 11.7 Å². The number of aliphatic hydroxyl groups excluding tert-OH is 1. The van der Waals surface area contributed by atoms with E-state index in [1.165, 1.54) is 63.4 Å². The molecule has 2 unspecified atom stereocenters. The lowest BCUT2D eigenvalue weighted by Gasteiger charge is -2.44. The van der Waals surface area contributed by atoms with Crippen LogP contribution in [0.25, 0.3) is 0 Å². The highest BCUT2D eigenvalue weighted by Crippen LogP contribution is 2.60. The van der Waals surface area contributed by atoms with Gasteiger partial charge in [0.15, 0.2) is 0 Å². The van der Waals surface area contributed by atoms with E-state index in [1.807, 2.05) is 0 Å². The van der Waals surface area contributed by atoms with E-state index in [0.717, 1.165) is 56.3 Å². The van der Waals surface area contributed by atoms with E-state index in [-0.39, 0.29) is 11.7 Å². The Kier molecular flexibility index (Phi) is 7.38. The zero-order chi connectivity index (χ0) is 22.1. The largest absolute Gasteiger partial charge is 0.393 e. The Labute approximate surface area is 191 Å². The minimum atomic E-state index is -0.333. The molecule has 0 aliphatic heterocycles. The Hall–Kier alpha value is -0.600. The smallest absolute Gasteiger partial charge is 0.0647 e. The molecule has 0 aromatic rings. The number of hydrogen-bond acceptors (Lipinski definition) is 2. The van der Waals surface area contributed by atoms with E-state index in [1.54, 1.807) is 5.57 Å². The van der Waals surface area contributed by atoms with Crippen molar-refractivity contribution in [2.45, 2.75) is 129 Å². The maximum absolute atomic E-state index is 10.7. The second kappa shape index (κ2) is 9.72. The van der Waals surface area contributed by atoms with Crippen LogP contribution in [0.5, 0.6) is 0 Å². The summed E-state index contributed by atoms with van der Waals surface area (Å²) in [4.78, 5) is 0. The maximum atomic E-state index is 10.7. The van der Waals surface area contributed by atoms with Gasteiger partial charge < -0.3 is 10.2 Å². The molecule has 4 fully saturated rings. The number of aliphatic hydroxyl groups is 2. The summed E-state index contributed by atoms with van der Waals surface area (Å²) in [6, 6.07) is 0. The first-order valence-electron chi connectivity index (χ1n) is 13.6. The molecule has 0 aromatic carbocycles. The lowest BCUT2D eigenvalue weighted by molar-refractivity contribution is 0.0319. The van der Waals surface area contributed by atoms with Crippen molar-refractivity contribution in [3.05, 3.63) is 23.3 Å². The highest BCUT2D eigenvalue weighted by Gasteiger charge is 2.50. The van der Waals surface area contributed by atoms with Crippen LogP contribution in [0.3, 0.4) is 0 Å². The zero-order valence-corrected chi connectivity index (χ0v) is 20.5. The number of fused-ring (bicyclic) bond motifs is 1. The van der Waals surface area contributed by atoms with Gasteiger partial charge in [0, 0.05) is 0 Å². The monoisotopic (exact) mass is 428 g/mol. The van der Waals surface area contributed by atoms with Gasteiger partial charge in [-0.15, -0.1) is 0 Å². The molecule has 0 radical (unpaired) electrons. The molecule has 0 amide bonds. The topological polar surface area (TPSA) is 40.5 Å². The van der Waals surface area contributed by atoms with Crippen LogP contribution in [0, 0.1) is 29.1 Å². The van der Waals surface area contributed by atoms with Crippen LogP contribution in [0.2, 0.25) is 0 Å². The number of hydrogen-bond donors (Lipinski definition) is 2. The van der Waals surface area contributed by atoms with Crippen LogP contribution in [-0.4, -0.2) is 21.9 Å². The minimum Gasteiger partial charge on any atom is -0.393 e. The average molecular weight is 429 g/mol. The van der Waals surface area contributed by atoms with E-state index >= 15 is 0 Å². The summed E-state index contributed by atoms with van der Waals surface area (Å²) < 4.78 is 0. The molecule has 0 spiro atoms. The van der Waals surface area contributed by atoms with Gasteiger partial charge in [-0.2, -0.15) is 0 Å². The standard InChI is InChI=1S/C29H48O2/c1-21(8-6-19-29(31)17-4-5-18-29)25-14-15-26-24(9-7-16-28(25,26)3)13-12-23-11-10-22(2)27(30)20-23/h12-13,21-22,25-27,30-31H,4-11,14-20H2,1-3H3/b23-12-,24-13+/t21-,22+,25?,26?,27+,28+/m0/s1. The average Bonchev–Trinajstić information content (AvgIpc) is 3.32. The van der Waals surface area contributed by atoms with Crippen LogP contribution >= 0.6 is 0 Å². The van der Waals surface area contributed by atoms with E-state index in [9.17, 15) is 10.2 Å². The van der Waals surface area contributed by atoms with Crippen molar-refractivity contribution in [2.75, 3.05) is 0 Å². The van der Waals surface area contributed by atoms with E-state index < -0.39 is 0 Å². The molecule has 6 atom stereocenters. The fraction of sp³-hybridized carbons (Fsp3) is 0.862. The second-order valence-corrected chi connectivity index (χ2v) is 12.3.